The zero-order valence-electron chi connectivity index (χ0n) is 25.1. The highest BCUT2D eigenvalue weighted by molar-refractivity contribution is 9.09. The zero-order valence-corrected chi connectivity index (χ0v) is 26.7. The SMILES string of the molecule is CC(C)[C@H]1C(O)[C@@H](C(N)=O)C(=O)[C@]2(O)C(O)[C@H]3C(=O)c4c(O)c(CNC(=O)CBr)cc(-c5ccccc5)c4C[C@]3(C)C[C@]12C. The Morgan fingerprint density at radius 1 is 1.14 bits per heavy atom. The van der Waals surface area contributed by atoms with Gasteiger partial charge in [0.1, 0.15) is 17.8 Å². The maximum atomic E-state index is 14.6. The van der Waals surface area contributed by atoms with Gasteiger partial charge >= 0.3 is 0 Å². The highest BCUT2D eigenvalue weighted by atomic mass is 79.9. The van der Waals surface area contributed by atoms with E-state index in [1.807, 2.05) is 37.3 Å². The second-order valence-corrected chi connectivity index (χ2v) is 14.1. The minimum Gasteiger partial charge on any atom is -0.507 e. The molecule has 236 valence electrons. The van der Waals surface area contributed by atoms with Gasteiger partial charge in [0.15, 0.2) is 17.2 Å². The summed E-state index contributed by atoms with van der Waals surface area (Å²) < 4.78 is 0. The number of hydrogen-bond acceptors (Lipinski definition) is 8. The van der Waals surface area contributed by atoms with Crippen LogP contribution < -0.4 is 11.1 Å². The lowest BCUT2D eigenvalue weighted by Gasteiger charge is -2.66. The molecule has 7 N–H and O–H groups in total. The van der Waals surface area contributed by atoms with E-state index in [9.17, 15) is 39.6 Å². The predicted octanol–water partition coefficient (Wildman–Crippen LogP) is 2.25. The number of amides is 2. The molecule has 2 unspecified atom stereocenters. The molecular formula is C33H39BrN2O8. The van der Waals surface area contributed by atoms with Gasteiger partial charge in [0.25, 0.3) is 0 Å². The fourth-order valence-electron chi connectivity index (χ4n) is 8.91. The summed E-state index contributed by atoms with van der Waals surface area (Å²) >= 11 is 3.10. The Morgan fingerprint density at radius 3 is 2.34 bits per heavy atom. The normalized spacial score (nSPS) is 34.6. The first-order valence-corrected chi connectivity index (χ1v) is 15.9. The number of phenols is 1. The van der Waals surface area contributed by atoms with Gasteiger partial charge < -0.3 is 31.5 Å². The molecule has 5 rings (SSSR count). The summed E-state index contributed by atoms with van der Waals surface area (Å²) in [4.78, 5) is 52.9. The fraction of sp³-hybridized carbons (Fsp3) is 0.515. The monoisotopic (exact) mass is 670 g/mol. The van der Waals surface area contributed by atoms with E-state index >= 15 is 0 Å². The molecule has 3 aliphatic rings. The number of nitrogens with two attached hydrogens (primary N) is 1. The number of carbonyl (C=O) groups is 4. The molecule has 2 amide bonds. The number of carbonyl (C=O) groups excluding carboxylic acids is 4. The lowest BCUT2D eigenvalue weighted by Crippen LogP contribution is -2.79. The van der Waals surface area contributed by atoms with Crippen LogP contribution in [0.15, 0.2) is 36.4 Å². The van der Waals surface area contributed by atoms with Gasteiger partial charge in [0.05, 0.1) is 22.9 Å². The topological polar surface area (TPSA) is 187 Å². The molecule has 0 bridgehead atoms. The van der Waals surface area contributed by atoms with Gasteiger partial charge in [-0.3, -0.25) is 19.2 Å². The molecule has 0 aliphatic heterocycles. The molecule has 0 radical (unpaired) electrons. The van der Waals surface area contributed by atoms with Crippen molar-refractivity contribution >= 4 is 39.3 Å². The smallest absolute Gasteiger partial charge is 0.230 e. The molecule has 0 saturated heterocycles. The molecule has 0 spiro atoms. The van der Waals surface area contributed by atoms with Crippen LogP contribution in [-0.2, 0) is 27.3 Å². The highest BCUT2D eigenvalue weighted by Gasteiger charge is 2.76. The molecule has 11 heteroatoms. The van der Waals surface area contributed by atoms with Gasteiger partial charge in [0, 0.05) is 17.5 Å². The molecule has 44 heavy (non-hydrogen) atoms. The quantitative estimate of drug-likeness (QED) is 0.199. The number of rotatable bonds is 6. The number of aromatic hydroxyl groups is 1. The third-order valence-electron chi connectivity index (χ3n) is 10.5. The molecule has 3 aliphatic carbocycles. The maximum Gasteiger partial charge on any atom is 0.230 e. The minimum atomic E-state index is -2.59. The second-order valence-electron chi connectivity index (χ2n) is 13.5. The van der Waals surface area contributed by atoms with Crippen LogP contribution in [0.3, 0.4) is 0 Å². The van der Waals surface area contributed by atoms with E-state index in [4.69, 9.17) is 5.73 Å². The van der Waals surface area contributed by atoms with Crippen LogP contribution in [0.5, 0.6) is 5.75 Å². The fourth-order valence-corrected chi connectivity index (χ4v) is 9.10. The summed E-state index contributed by atoms with van der Waals surface area (Å²) in [6.45, 7) is 6.98. The van der Waals surface area contributed by atoms with Crippen molar-refractivity contribution in [3.8, 4) is 16.9 Å². The molecule has 0 heterocycles. The van der Waals surface area contributed by atoms with Crippen molar-refractivity contribution in [2.24, 2.45) is 40.2 Å². The summed E-state index contributed by atoms with van der Waals surface area (Å²) in [6.07, 6.45) is -3.21. The lowest BCUT2D eigenvalue weighted by atomic mass is 9.39. The summed E-state index contributed by atoms with van der Waals surface area (Å²) in [7, 11) is 0. The average Bonchev–Trinajstić information content (AvgIpc) is 2.94. The number of phenolic OH excluding ortho intramolecular Hbond substituents is 1. The van der Waals surface area contributed by atoms with Crippen LogP contribution in [-0.4, -0.2) is 66.9 Å². The number of benzene rings is 2. The van der Waals surface area contributed by atoms with E-state index in [-0.39, 0.29) is 53.4 Å². The Kier molecular flexibility index (Phi) is 8.10. The number of hydrogen-bond donors (Lipinski definition) is 6. The molecule has 2 aromatic carbocycles. The third kappa shape index (κ3) is 4.46. The van der Waals surface area contributed by atoms with Crippen molar-refractivity contribution in [2.45, 2.75) is 64.9 Å². The predicted molar refractivity (Wildman–Crippen MR) is 165 cm³/mol. The number of alkyl halides is 1. The Labute approximate surface area is 264 Å². The number of aliphatic hydroxyl groups excluding tert-OH is 2. The Morgan fingerprint density at radius 2 is 1.77 bits per heavy atom. The summed E-state index contributed by atoms with van der Waals surface area (Å²) in [5.74, 6) is -7.83. The molecule has 8 atom stereocenters. The molecule has 2 fully saturated rings. The molecule has 10 nitrogen and oxygen atoms in total. The van der Waals surface area contributed by atoms with Crippen LogP contribution in [0, 0.1) is 34.5 Å². The molecule has 0 aromatic heterocycles. The minimum absolute atomic E-state index is 0.0412. The summed E-state index contributed by atoms with van der Waals surface area (Å²) in [5.41, 5.74) is 2.73. The van der Waals surface area contributed by atoms with Crippen molar-refractivity contribution in [3.05, 3.63) is 53.1 Å². The van der Waals surface area contributed by atoms with Crippen molar-refractivity contribution in [2.75, 3.05) is 5.33 Å². The van der Waals surface area contributed by atoms with Gasteiger partial charge in [0.2, 0.25) is 11.8 Å². The maximum absolute atomic E-state index is 14.6. The van der Waals surface area contributed by atoms with Gasteiger partial charge in [-0.25, -0.2) is 0 Å². The molecule has 2 aromatic rings. The largest absolute Gasteiger partial charge is 0.507 e. The zero-order chi connectivity index (χ0) is 32.5. The van der Waals surface area contributed by atoms with E-state index in [2.05, 4.69) is 21.2 Å². The van der Waals surface area contributed by atoms with Crippen molar-refractivity contribution < 1.29 is 39.6 Å². The first kappa shape index (κ1) is 32.3. The highest BCUT2D eigenvalue weighted by Crippen LogP contribution is 2.66. The lowest BCUT2D eigenvalue weighted by molar-refractivity contribution is -0.265. The molecule has 2 saturated carbocycles. The Hall–Kier alpha value is -3.12. The van der Waals surface area contributed by atoms with Crippen LogP contribution >= 0.6 is 15.9 Å². The first-order valence-electron chi connectivity index (χ1n) is 14.8. The van der Waals surface area contributed by atoms with E-state index in [0.29, 0.717) is 11.1 Å². The Balaban J connectivity index is 1.74. The number of aliphatic hydroxyl groups is 3. The number of ketones is 2. The first-order chi connectivity index (χ1) is 20.5. The van der Waals surface area contributed by atoms with E-state index in [1.165, 1.54) is 0 Å². The van der Waals surface area contributed by atoms with Gasteiger partial charge in [-0.1, -0.05) is 74.0 Å². The van der Waals surface area contributed by atoms with Crippen LogP contribution in [0.1, 0.15) is 55.6 Å². The average molecular weight is 672 g/mol. The van der Waals surface area contributed by atoms with Crippen molar-refractivity contribution in [1.82, 2.24) is 5.32 Å². The van der Waals surface area contributed by atoms with E-state index in [0.717, 1.165) is 5.56 Å². The van der Waals surface area contributed by atoms with Crippen LogP contribution in [0.2, 0.25) is 0 Å². The van der Waals surface area contributed by atoms with Gasteiger partial charge in [-0.2, -0.15) is 0 Å². The Bertz CT molecular complexity index is 1550. The van der Waals surface area contributed by atoms with E-state index < -0.39 is 63.9 Å². The van der Waals surface area contributed by atoms with Gasteiger partial charge in [-0.15, -0.1) is 0 Å². The molecular weight excluding hydrogens is 632 g/mol. The number of Topliss-reactive ketones (excluding diaryl/α,β-unsaturated/α-hetero) is 2. The second kappa shape index (κ2) is 11.0. The number of nitrogens with one attached hydrogen (secondary N) is 1. The third-order valence-corrected chi connectivity index (χ3v) is 11.1. The van der Waals surface area contributed by atoms with Crippen LogP contribution in [0.4, 0.5) is 0 Å². The number of halogens is 1. The van der Waals surface area contributed by atoms with Gasteiger partial charge in [-0.05, 0) is 52.8 Å². The van der Waals surface area contributed by atoms with Crippen LogP contribution in [0.25, 0.3) is 11.1 Å². The summed E-state index contributed by atoms with van der Waals surface area (Å²) in [5, 5.41) is 49.9. The summed E-state index contributed by atoms with van der Waals surface area (Å²) in [6, 6.07) is 11.0. The van der Waals surface area contributed by atoms with Crippen molar-refractivity contribution in [1.29, 1.82) is 0 Å². The van der Waals surface area contributed by atoms with Crippen molar-refractivity contribution in [3.63, 3.8) is 0 Å². The standard InChI is InChI=1S/C33H39BrN2O8/c1-15(2)23-27(40)22(30(35)43)28(41)33(44)29(42)24-26(39)21-19(11-31(24,3)14-32(23,33)4)18(16-8-6-5-7-9-16)10-17(25(21)38)13-36-20(37)12-34/h5-10,15,22-24,27,29,38,40,42,44H,11-14H2,1-4H3,(H2,35,43)(H,36,37)/t22-,23+,24-,27?,29?,31-,32-,33+/m1/s1. The van der Waals surface area contributed by atoms with E-state index in [1.54, 1.807) is 26.8 Å². The number of fused-ring (bicyclic) bond motifs is 3. The number of primary amides is 1.